The van der Waals surface area contributed by atoms with Crippen molar-refractivity contribution < 1.29 is 14.6 Å². The fourth-order valence-electron chi connectivity index (χ4n) is 1.46. The Kier molecular flexibility index (Phi) is 6.10. The fraction of sp³-hybridized carbons (Fsp3) is 0.500. The van der Waals surface area contributed by atoms with Gasteiger partial charge in [0, 0.05) is 32.9 Å². The molecule has 0 saturated heterocycles. The van der Waals surface area contributed by atoms with Crippen molar-refractivity contribution >= 4 is 11.7 Å². The van der Waals surface area contributed by atoms with Gasteiger partial charge in [0.25, 0.3) is 0 Å². The maximum atomic E-state index is 11.0. The topological polar surface area (TPSA) is 74.7 Å². The summed E-state index contributed by atoms with van der Waals surface area (Å²) >= 11 is 0. The number of hydrogen-bond acceptors (Lipinski definition) is 5. The second-order valence-electron chi connectivity index (χ2n) is 3.95. The van der Waals surface area contributed by atoms with Crippen LogP contribution in [0, 0.1) is 0 Å². The minimum absolute atomic E-state index is 0.240. The number of aromatic carboxylic acids is 1. The van der Waals surface area contributed by atoms with E-state index in [0.29, 0.717) is 18.8 Å². The van der Waals surface area contributed by atoms with Crippen molar-refractivity contribution in [3.8, 4) is 0 Å². The Morgan fingerprint density at radius 1 is 1.56 bits per heavy atom. The highest BCUT2D eigenvalue weighted by atomic mass is 16.5. The molecular formula is C12H19N3O3. The number of anilines is 1. The van der Waals surface area contributed by atoms with Gasteiger partial charge in [-0.3, -0.25) is 4.98 Å². The minimum atomic E-state index is -0.951. The van der Waals surface area contributed by atoms with Crippen LogP contribution in [0.4, 0.5) is 5.69 Å². The molecule has 1 aromatic heterocycles. The molecule has 1 aromatic rings. The van der Waals surface area contributed by atoms with Crippen molar-refractivity contribution in [2.75, 3.05) is 45.7 Å². The predicted molar refractivity (Wildman–Crippen MR) is 69.1 cm³/mol. The van der Waals surface area contributed by atoms with Crippen molar-refractivity contribution in [2.24, 2.45) is 0 Å². The van der Waals surface area contributed by atoms with E-state index in [9.17, 15) is 4.79 Å². The number of rotatable bonds is 8. The van der Waals surface area contributed by atoms with E-state index in [2.05, 4.69) is 15.2 Å². The van der Waals surface area contributed by atoms with Crippen LogP contribution in [0.3, 0.4) is 0 Å². The summed E-state index contributed by atoms with van der Waals surface area (Å²) in [4.78, 5) is 17.0. The highest BCUT2D eigenvalue weighted by Gasteiger charge is 2.08. The largest absolute Gasteiger partial charge is 0.478 e. The first kappa shape index (κ1) is 14.4. The van der Waals surface area contributed by atoms with Crippen LogP contribution in [0.5, 0.6) is 0 Å². The lowest BCUT2D eigenvalue weighted by atomic mass is 10.2. The van der Waals surface area contributed by atoms with Crippen molar-refractivity contribution in [2.45, 2.75) is 0 Å². The maximum absolute atomic E-state index is 11.0. The number of carboxylic acid groups (broad SMARTS) is 1. The first-order valence-electron chi connectivity index (χ1n) is 5.73. The van der Waals surface area contributed by atoms with Crippen LogP contribution >= 0.6 is 0 Å². The number of hydrogen-bond donors (Lipinski definition) is 2. The quantitative estimate of drug-likeness (QED) is 0.713. The second-order valence-corrected chi connectivity index (χ2v) is 3.95. The SMILES string of the molecule is COCCN(C)CCNc1cnccc1C(=O)O. The van der Waals surface area contributed by atoms with Gasteiger partial charge in [-0.25, -0.2) is 4.79 Å². The summed E-state index contributed by atoms with van der Waals surface area (Å²) in [5, 5.41) is 12.1. The molecule has 0 aliphatic heterocycles. The molecule has 0 fully saturated rings. The average molecular weight is 253 g/mol. The number of methoxy groups -OCH3 is 1. The molecule has 100 valence electrons. The van der Waals surface area contributed by atoms with Gasteiger partial charge < -0.3 is 20.1 Å². The molecule has 6 heteroatoms. The Hall–Kier alpha value is -1.66. The van der Waals surface area contributed by atoms with E-state index in [4.69, 9.17) is 9.84 Å². The third kappa shape index (κ3) is 4.68. The molecule has 18 heavy (non-hydrogen) atoms. The normalized spacial score (nSPS) is 10.6. The van der Waals surface area contributed by atoms with Crippen molar-refractivity contribution in [1.82, 2.24) is 9.88 Å². The van der Waals surface area contributed by atoms with E-state index in [1.165, 1.54) is 18.5 Å². The van der Waals surface area contributed by atoms with E-state index >= 15 is 0 Å². The van der Waals surface area contributed by atoms with Crippen LogP contribution in [0.1, 0.15) is 10.4 Å². The van der Waals surface area contributed by atoms with Gasteiger partial charge in [-0.2, -0.15) is 0 Å². The molecule has 1 rings (SSSR count). The van der Waals surface area contributed by atoms with Crippen molar-refractivity contribution in [3.05, 3.63) is 24.0 Å². The molecule has 0 spiro atoms. The molecule has 0 radical (unpaired) electrons. The van der Waals surface area contributed by atoms with E-state index in [-0.39, 0.29) is 5.56 Å². The molecule has 0 aliphatic rings. The highest BCUT2D eigenvalue weighted by molar-refractivity contribution is 5.93. The molecular weight excluding hydrogens is 234 g/mol. The fourth-order valence-corrected chi connectivity index (χ4v) is 1.46. The van der Waals surface area contributed by atoms with Gasteiger partial charge in [0.05, 0.1) is 24.1 Å². The third-order valence-corrected chi connectivity index (χ3v) is 2.54. The summed E-state index contributed by atoms with van der Waals surface area (Å²) in [5.41, 5.74) is 0.787. The Morgan fingerprint density at radius 3 is 3.00 bits per heavy atom. The molecule has 2 N–H and O–H groups in total. The third-order valence-electron chi connectivity index (χ3n) is 2.54. The number of carbonyl (C=O) groups is 1. The zero-order chi connectivity index (χ0) is 13.4. The Bertz CT molecular complexity index is 385. The summed E-state index contributed by atoms with van der Waals surface area (Å²) in [6, 6.07) is 1.49. The molecule has 0 amide bonds. The molecule has 0 atom stereocenters. The number of likely N-dealkylation sites (N-methyl/N-ethyl adjacent to an activating group) is 1. The summed E-state index contributed by atoms with van der Waals surface area (Å²) in [6.07, 6.45) is 3.00. The zero-order valence-corrected chi connectivity index (χ0v) is 10.7. The summed E-state index contributed by atoms with van der Waals surface area (Å²) < 4.78 is 4.98. The Labute approximate surface area is 107 Å². The maximum Gasteiger partial charge on any atom is 0.337 e. The molecule has 0 unspecified atom stereocenters. The van der Waals surface area contributed by atoms with Crippen molar-refractivity contribution in [1.29, 1.82) is 0 Å². The van der Waals surface area contributed by atoms with E-state index < -0.39 is 5.97 Å². The zero-order valence-electron chi connectivity index (χ0n) is 10.7. The average Bonchev–Trinajstić information content (AvgIpc) is 2.36. The first-order valence-corrected chi connectivity index (χ1v) is 5.73. The van der Waals surface area contributed by atoms with Crippen LogP contribution in [0.25, 0.3) is 0 Å². The lowest BCUT2D eigenvalue weighted by Crippen LogP contribution is -2.28. The minimum Gasteiger partial charge on any atom is -0.478 e. The lowest BCUT2D eigenvalue weighted by molar-refractivity contribution is 0.0698. The van der Waals surface area contributed by atoms with E-state index in [0.717, 1.165) is 13.1 Å². The standard InChI is InChI=1S/C12H19N3O3/c1-15(7-8-18-2)6-5-14-11-9-13-4-3-10(11)12(16)17/h3-4,9,14H,5-8H2,1-2H3,(H,16,17). The van der Waals surface area contributed by atoms with Gasteiger partial charge in [-0.1, -0.05) is 0 Å². The van der Waals surface area contributed by atoms with E-state index in [1.54, 1.807) is 7.11 Å². The van der Waals surface area contributed by atoms with Gasteiger partial charge in [-0.15, -0.1) is 0 Å². The van der Waals surface area contributed by atoms with E-state index in [1.807, 2.05) is 7.05 Å². The van der Waals surface area contributed by atoms with Gasteiger partial charge >= 0.3 is 5.97 Å². The summed E-state index contributed by atoms with van der Waals surface area (Å²) in [6.45, 7) is 2.99. The molecule has 0 saturated carbocycles. The van der Waals surface area contributed by atoms with Gasteiger partial charge in [-0.05, 0) is 13.1 Å². The molecule has 0 aliphatic carbocycles. The van der Waals surface area contributed by atoms with Crippen LogP contribution in [-0.4, -0.2) is 61.4 Å². The number of aromatic nitrogens is 1. The first-order chi connectivity index (χ1) is 8.65. The van der Waals surface area contributed by atoms with Gasteiger partial charge in [0.15, 0.2) is 0 Å². The Balaban J connectivity index is 2.41. The number of nitrogens with zero attached hydrogens (tertiary/aromatic N) is 2. The highest BCUT2D eigenvalue weighted by Crippen LogP contribution is 2.12. The van der Waals surface area contributed by atoms with Crippen LogP contribution in [0.15, 0.2) is 18.5 Å². The predicted octanol–water partition coefficient (Wildman–Crippen LogP) is 0.770. The summed E-state index contributed by atoms with van der Waals surface area (Å²) in [7, 11) is 3.66. The monoisotopic (exact) mass is 253 g/mol. The number of carboxylic acids is 1. The van der Waals surface area contributed by atoms with Crippen molar-refractivity contribution in [3.63, 3.8) is 0 Å². The van der Waals surface area contributed by atoms with Crippen LogP contribution < -0.4 is 5.32 Å². The molecule has 0 aromatic carbocycles. The van der Waals surface area contributed by atoms with Crippen LogP contribution in [0.2, 0.25) is 0 Å². The van der Waals surface area contributed by atoms with Gasteiger partial charge in [0.1, 0.15) is 0 Å². The smallest absolute Gasteiger partial charge is 0.337 e. The second kappa shape index (κ2) is 7.62. The number of pyridine rings is 1. The Morgan fingerprint density at radius 2 is 2.33 bits per heavy atom. The van der Waals surface area contributed by atoms with Gasteiger partial charge in [0.2, 0.25) is 0 Å². The molecule has 0 bridgehead atoms. The number of nitrogens with one attached hydrogen (secondary N) is 1. The molecule has 6 nitrogen and oxygen atoms in total. The van der Waals surface area contributed by atoms with Crippen LogP contribution in [-0.2, 0) is 4.74 Å². The number of ether oxygens (including phenoxy) is 1. The molecule has 1 heterocycles. The lowest BCUT2D eigenvalue weighted by Gasteiger charge is -2.17. The summed E-state index contributed by atoms with van der Waals surface area (Å²) in [5.74, 6) is -0.951.